The lowest BCUT2D eigenvalue weighted by atomic mass is 10.2. The molecule has 1 N–H and O–H groups in total. The number of carbonyl (C=O) groups is 1. The molecule has 0 fully saturated rings. The van der Waals surface area contributed by atoms with Gasteiger partial charge in [-0.3, -0.25) is 14.9 Å². The monoisotopic (exact) mass is 294 g/mol. The summed E-state index contributed by atoms with van der Waals surface area (Å²) in [5, 5.41) is 13.8. The van der Waals surface area contributed by atoms with Crippen molar-refractivity contribution in [1.29, 1.82) is 0 Å². The van der Waals surface area contributed by atoms with Crippen molar-refractivity contribution in [3.8, 4) is 0 Å². The molecule has 1 aromatic heterocycles. The highest BCUT2D eigenvalue weighted by Gasteiger charge is 2.20. The normalized spacial score (nSPS) is 10.2. The summed E-state index contributed by atoms with van der Waals surface area (Å²) in [6.45, 7) is 5.18. The maximum atomic E-state index is 12.4. The average Bonchev–Trinajstić information content (AvgIpc) is 2.47. The van der Waals surface area contributed by atoms with Gasteiger partial charge in [-0.25, -0.2) is 4.98 Å². The van der Waals surface area contributed by atoms with Crippen molar-refractivity contribution in [3.05, 3.63) is 27.9 Å². The zero-order valence-electron chi connectivity index (χ0n) is 12.8. The fraction of sp³-hybridized carbons (Fsp3) is 0.571. The summed E-state index contributed by atoms with van der Waals surface area (Å²) < 4.78 is 0. The van der Waals surface area contributed by atoms with Gasteiger partial charge in [-0.15, -0.1) is 0 Å². The third-order valence-electron chi connectivity index (χ3n) is 3.10. The quantitative estimate of drug-likeness (QED) is 0.452. The van der Waals surface area contributed by atoms with E-state index in [1.165, 1.54) is 6.07 Å². The number of nitro groups is 1. The number of unbranched alkanes of at least 4 members (excludes halogenated alkanes) is 2. The summed E-state index contributed by atoms with van der Waals surface area (Å²) in [6.07, 6.45) is 4.19. The van der Waals surface area contributed by atoms with Crippen molar-refractivity contribution < 1.29 is 9.72 Å². The first kappa shape index (κ1) is 16.9. The van der Waals surface area contributed by atoms with E-state index < -0.39 is 4.92 Å². The Bertz CT molecular complexity index is 505. The Hall–Kier alpha value is -2.18. The number of hydrogen-bond acceptors (Lipinski definition) is 5. The first-order chi connectivity index (χ1) is 10.0. The second-order valence-corrected chi connectivity index (χ2v) is 4.81. The number of anilines is 1. The Labute approximate surface area is 124 Å². The minimum Gasteiger partial charge on any atom is -0.370 e. The van der Waals surface area contributed by atoms with Crippen LogP contribution in [0, 0.1) is 10.1 Å². The zero-order valence-corrected chi connectivity index (χ0v) is 12.8. The molecule has 1 amide bonds. The number of nitrogens with one attached hydrogen (secondary N) is 1. The smallest absolute Gasteiger partial charge is 0.288 e. The van der Waals surface area contributed by atoms with Crippen LogP contribution in [0.3, 0.4) is 0 Å². The zero-order chi connectivity index (χ0) is 15.8. The molecule has 1 rings (SSSR count). The fourth-order valence-corrected chi connectivity index (χ4v) is 1.93. The van der Waals surface area contributed by atoms with E-state index in [2.05, 4.69) is 17.2 Å². The van der Waals surface area contributed by atoms with Gasteiger partial charge in [0.1, 0.15) is 12.0 Å². The van der Waals surface area contributed by atoms with Crippen molar-refractivity contribution in [2.24, 2.45) is 0 Å². The predicted octanol–water partition coefficient (Wildman–Crippen LogP) is 2.68. The molecule has 0 bridgehead atoms. The number of aromatic nitrogens is 1. The standard InChI is InChI=1S/C14H22N4O3/c1-4-6-7-8-17(3)14(19)12-9-11(18(20)21)10-16-13(12)15-5-2/h9-10H,4-8H2,1-3H3,(H,15,16). The summed E-state index contributed by atoms with van der Waals surface area (Å²) in [7, 11) is 1.70. The van der Waals surface area contributed by atoms with E-state index in [1.807, 2.05) is 6.92 Å². The maximum Gasteiger partial charge on any atom is 0.288 e. The van der Waals surface area contributed by atoms with Crippen LogP contribution in [0.4, 0.5) is 11.5 Å². The molecule has 0 aliphatic heterocycles. The average molecular weight is 294 g/mol. The van der Waals surface area contributed by atoms with E-state index in [9.17, 15) is 14.9 Å². The van der Waals surface area contributed by atoms with Gasteiger partial charge in [0.25, 0.3) is 11.6 Å². The Morgan fingerprint density at radius 2 is 2.14 bits per heavy atom. The molecule has 0 aliphatic rings. The van der Waals surface area contributed by atoms with Crippen LogP contribution in [-0.4, -0.2) is 40.9 Å². The Morgan fingerprint density at radius 1 is 1.43 bits per heavy atom. The van der Waals surface area contributed by atoms with Gasteiger partial charge in [-0.2, -0.15) is 0 Å². The molecule has 7 nitrogen and oxygen atoms in total. The van der Waals surface area contributed by atoms with Crippen LogP contribution < -0.4 is 5.32 Å². The molecular formula is C14H22N4O3. The Morgan fingerprint density at radius 3 is 2.71 bits per heavy atom. The number of hydrogen-bond donors (Lipinski definition) is 1. The minimum atomic E-state index is -0.545. The molecule has 0 atom stereocenters. The second kappa shape index (κ2) is 8.18. The predicted molar refractivity (Wildman–Crippen MR) is 81.5 cm³/mol. The van der Waals surface area contributed by atoms with Gasteiger partial charge in [0.15, 0.2) is 0 Å². The highest BCUT2D eigenvalue weighted by atomic mass is 16.6. The van der Waals surface area contributed by atoms with Crippen LogP contribution in [0.15, 0.2) is 12.3 Å². The molecule has 0 aliphatic carbocycles. The Kier molecular flexibility index (Phi) is 6.58. The largest absolute Gasteiger partial charge is 0.370 e. The topological polar surface area (TPSA) is 88.4 Å². The number of pyridine rings is 1. The summed E-state index contributed by atoms with van der Waals surface area (Å²) in [5.41, 5.74) is 0.0620. The van der Waals surface area contributed by atoms with E-state index in [0.29, 0.717) is 18.9 Å². The van der Waals surface area contributed by atoms with Gasteiger partial charge in [-0.1, -0.05) is 19.8 Å². The van der Waals surface area contributed by atoms with Gasteiger partial charge >= 0.3 is 0 Å². The van der Waals surface area contributed by atoms with Crippen LogP contribution in [-0.2, 0) is 0 Å². The lowest BCUT2D eigenvalue weighted by Gasteiger charge is -2.18. The molecule has 0 saturated heterocycles. The van der Waals surface area contributed by atoms with Crippen molar-refractivity contribution >= 4 is 17.4 Å². The summed E-state index contributed by atoms with van der Waals surface area (Å²) in [5.74, 6) is 0.133. The molecule has 0 saturated carbocycles. The molecule has 0 unspecified atom stereocenters. The van der Waals surface area contributed by atoms with Crippen LogP contribution in [0.25, 0.3) is 0 Å². The molecule has 1 aromatic rings. The van der Waals surface area contributed by atoms with E-state index in [-0.39, 0.29) is 17.2 Å². The maximum absolute atomic E-state index is 12.4. The molecule has 1 heterocycles. The first-order valence-electron chi connectivity index (χ1n) is 7.15. The number of nitrogens with zero attached hydrogens (tertiary/aromatic N) is 3. The van der Waals surface area contributed by atoms with E-state index in [4.69, 9.17) is 0 Å². The number of rotatable bonds is 8. The summed E-state index contributed by atoms with van der Waals surface area (Å²) in [4.78, 5) is 28.3. The molecular weight excluding hydrogens is 272 g/mol. The van der Waals surface area contributed by atoms with Crippen molar-refractivity contribution in [2.75, 3.05) is 25.5 Å². The molecule has 116 valence electrons. The Balaban J connectivity index is 2.98. The van der Waals surface area contributed by atoms with Gasteiger partial charge < -0.3 is 10.2 Å². The highest BCUT2D eigenvalue weighted by Crippen LogP contribution is 2.20. The fourth-order valence-electron chi connectivity index (χ4n) is 1.93. The number of amides is 1. The van der Waals surface area contributed by atoms with Crippen LogP contribution in [0.5, 0.6) is 0 Å². The highest BCUT2D eigenvalue weighted by molar-refractivity contribution is 5.99. The van der Waals surface area contributed by atoms with Gasteiger partial charge in [0, 0.05) is 26.2 Å². The number of carbonyl (C=O) groups excluding carboxylic acids is 1. The lowest BCUT2D eigenvalue weighted by molar-refractivity contribution is -0.385. The van der Waals surface area contributed by atoms with Gasteiger partial charge in [-0.05, 0) is 13.3 Å². The van der Waals surface area contributed by atoms with Crippen LogP contribution >= 0.6 is 0 Å². The second-order valence-electron chi connectivity index (χ2n) is 4.81. The van der Waals surface area contributed by atoms with Crippen molar-refractivity contribution in [2.45, 2.75) is 33.1 Å². The third kappa shape index (κ3) is 4.70. The first-order valence-corrected chi connectivity index (χ1v) is 7.15. The summed E-state index contributed by atoms with van der Waals surface area (Å²) >= 11 is 0. The van der Waals surface area contributed by atoms with E-state index in [1.54, 1.807) is 11.9 Å². The summed E-state index contributed by atoms with van der Waals surface area (Å²) in [6, 6.07) is 1.28. The SMILES string of the molecule is CCCCCN(C)C(=O)c1cc([N+](=O)[O-])cnc1NCC. The molecule has 7 heteroatoms. The van der Waals surface area contributed by atoms with E-state index >= 15 is 0 Å². The molecule has 21 heavy (non-hydrogen) atoms. The van der Waals surface area contributed by atoms with E-state index in [0.717, 1.165) is 25.5 Å². The third-order valence-corrected chi connectivity index (χ3v) is 3.10. The van der Waals surface area contributed by atoms with Gasteiger partial charge in [0.2, 0.25) is 0 Å². The minimum absolute atomic E-state index is 0.179. The lowest BCUT2D eigenvalue weighted by Crippen LogP contribution is -2.28. The van der Waals surface area contributed by atoms with Crippen LogP contribution in [0.1, 0.15) is 43.5 Å². The van der Waals surface area contributed by atoms with Crippen molar-refractivity contribution in [3.63, 3.8) is 0 Å². The van der Waals surface area contributed by atoms with Gasteiger partial charge in [0.05, 0.1) is 10.5 Å². The van der Waals surface area contributed by atoms with Crippen molar-refractivity contribution in [1.82, 2.24) is 9.88 Å². The van der Waals surface area contributed by atoms with Crippen LogP contribution in [0.2, 0.25) is 0 Å². The molecule has 0 radical (unpaired) electrons. The molecule has 0 spiro atoms. The molecule has 0 aromatic carbocycles.